The van der Waals surface area contributed by atoms with Crippen LogP contribution in [0.2, 0.25) is 0 Å². The number of nitrogens with one attached hydrogen (secondary N) is 2. The van der Waals surface area contributed by atoms with Crippen LogP contribution in [0.15, 0.2) is 78.9 Å². The van der Waals surface area contributed by atoms with Crippen molar-refractivity contribution in [2.75, 3.05) is 10.2 Å². The lowest BCUT2D eigenvalue weighted by atomic mass is 9.98. The molecule has 1 aromatic heterocycles. The molecule has 2 N–H and O–H groups in total. The van der Waals surface area contributed by atoms with E-state index in [0.717, 1.165) is 5.52 Å². The predicted molar refractivity (Wildman–Crippen MR) is 147 cm³/mol. The number of nitrogens with zero attached hydrogens (tertiary/aromatic N) is 4. The molecule has 3 aromatic carbocycles. The molecule has 0 radical (unpaired) electrons. The van der Waals surface area contributed by atoms with Crippen molar-refractivity contribution in [2.45, 2.75) is 52.2 Å². The van der Waals surface area contributed by atoms with Gasteiger partial charge < -0.3 is 10.6 Å². The van der Waals surface area contributed by atoms with Crippen LogP contribution in [-0.2, 0) is 20.9 Å². The summed E-state index contributed by atoms with van der Waals surface area (Å²) in [5.41, 5.74) is 2.68. The summed E-state index contributed by atoms with van der Waals surface area (Å²) in [5.74, 6) is -0.843. The Morgan fingerprint density at radius 3 is 2.26 bits per heavy atom. The number of hydrogen-bond acceptors (Lipinski definition) is 5. The van der Waals surface area contributed by atoms with Crippen LogP contribution < -0.4 is 15.5 Å². The number of hydrogen-bond donors (Lipinski definition) is 2. The minimum Gasteiger partial charge on any atom is -0.349 e. The zero-order valence-electron chi connectivity index (χ0n) is 22.0. The third kappa shape index (κ3) is 6.05. The highest BCUT2D eigenvalue weighted by Crippen LogP contribution is 2.30. The largest absolute Gasteiger partial charge is 0.349 e. The van der Waals surface area contributed by atoms with Gasteiger partial charge in [-0.25, -0.2) is 4.68 Å². The van der Waals surface area contributed by atoms with Gasteiger partial charge in [-0.05, 0) is 62.2 Å². The first-order valence-electron chi connectivity index (χ1n) is 12.5. The van der Waals surface area contributed by atoms with Crippen LogP contribution in [-0.4, -0.2) is 38.3 Å². The average Bonchev–Trinajstić information content (AvgIpc) is 3.30. The number of amides is 3. The van der Waals surface area contributed by atoms with E-state index in [9.17, 15) is 14.4 Å². The Morgan fingerprint density at radius 1 is 0.947 bits per heavy atom. The monoisotopic (exact) mass is 512 g/mol. The first kappa shape index (κ1) is 26.5. The molecular formula is C29H32N6O3. The maximum atomic E-state index is 14.1. The van der Waals surface area contributed by atoms with Gasteiger partial charge in [0.1, 0.15) is 18.1 Å². The van der Waals surface area contributed by atoms with Gasteiger partial charge in [0.05, 0.1) is 5.52 Å². The molecule has 0 spiro atoms. The highest BCUT2D eigenvalue weighted by Gasteiger charge is 2.35. The summed E-state index contributed by atoms with van der Waals surface area (Å²) in [6.07, 6.45) is 0.713. The molecule has 3 amide bonds. The minimum atomic E-state index is -0.948. The second kappa shape index (κ2) is 11.2. The lowest BCUT2D eigenvalue weighted by Crippen LogP contribution is -2.51. The molecule has 0 unspecified atom stereocenters. The lowest BCUT2D eigenvalue weighted by molar-refractivity contribution is -0.128. The quantitative estimate of drug-likeness (QED) is 0.344. The fourth-order valence-electron chi connectivity index (χ4n) is 4.13. The standard InChI is InChI=1S/C29H32N6O3/c1-5-29(3,4)31-28(38)27(21-11-7-6-8-12-21)35(23-17-15-22(16-18-23)30-20(2)36)26(37)19-34-25-14-10-9-13-24(25)32-33-34/h6-18,27H,5,19H2,1-4H3,(H,30,36)(H,31,38)/t27-/m0/s1. The van der Waals surface area contributed by atoms with Crippen molar-refractivity contribution in [3.8, 4) is 0 Å². The van der Waals surface area contributed by atoms with Crippen LogP contribution in [0.3, 0.4) is 0 Å². The van der Waals surface area contributed by atoms with E-state index >= 15 is 0 Å². The van der Waals surface area contributed by atoms with Crippen LogP contribution in [0.1, 0.15) is 45.7 Å². The number of para-hydroxylation sites is 1. The van der Waals surface area contributed by atoms with Gasteiger partial charge in [-0.2, -0.15) is 0 Å². The first-order chi connectivity index (χ1) is 18.2. The van der Waals surface area contributed by atoms with Crippen molar-refractivity contribution in [3.63, 3.8) is 0 Å². The fraction of sp³-hybridized carbons (Fsp3) is 0.276. The average molecular weight is 513 g/mol. The van der Waals surface area contributed by atoms with Gasteiger partial charge in [-0.1, -0.05) is 54.6 Å². The zero-order chi connectivity index (χ0) is 27.3. The minimum absolute atomic E-state index is 0.123. The zero-order valence-corrected chi connectivity index (χ0v) is 22.0. The summed E-state index contributed by atoms with van der Waals surface area (Å²) >= 11 is 0. The van der Waals surface area contributed by atoms with E-state index in [-0.39, 0.29) is 24.3 Å². The van der Waals surface area contributed by atoms with E-state index in [1.807, 2.05) is 75.4 Å². The smallest absolute Gasteiger partial charge is 0.249 e. The van der Waals surface area contributed by atoms with E-state index in [1.165, 1.54) is 16.5 Å². The van der Waals surface area contributed by atoms with Crippen molar-refractivity contribution in [1.82, 2.24) is 20.3 Å². The molecular weight excluding hydrogens is 480 g/mol. The highest BCUT2D eigenvalue weighted by molar-refractivity contribution is 6.02. The summed E-state index contributed by atoms with van der Waals surface area (Å²) in [7, 11) is 0. The number of benzene rings is 3. The van der Waals surface area contributed by atoms with Crippen molar-refractivity contribution < 1.29 is 14.4 Å². The van der Waals surface area contributed by atoms with Gasteiger partial charge in [0.2, 0.25) is 17.7 Å². The molecule has 0 saturated carbocycles. The van der Waals surface area contributed by atoms with Crippen molar-refractivity contribution in [3.05, 3.63) is 84.4 Å². The Balaban J connectivity index is 1.80. The van der Waals surface area contributed by atoms with Gasteiger partial charge in [0.25, 0.3) is 0 Å². The van der Waals surface area contributed by atoms with Gasteiger partial charge in [0.15, 0.2) is 0 Å². The molecule has 0 aliphatic heterocycles. The molecule has 4 rings (SSSR count). The summed E-state index contributed by atoms with van der Waals surface area (Å²) in [5, 5.41) is 14.2. The predicted octanol–water partition coefficient (Wildman–Crippen LogP) is 4.47. The molecule has 0 aliphatic carbocycles. The maximum absolute atomic E-state index is 14.1. The molecule has 1 heterocycles. The SMILES string of the molecule is CCC(C)(C)NC(=O)[C@H](c1ccccc1)N(C(=O)Cn1nnc2ccccc21)c1ccc(NC(C)=O)cc1. The van der Waals surface area contributed by atoms with Gasteiger partial charge in [0, 0.05) is 23.8 Å². The Hall–Kier alpha value is -4.53. The third-order valence-corrected chi connectivity index (χ3v) is 6.41. The number of rotatable bonds is 9. The Bertz CT molecular complexity index is 1430. The van der Waals surface area contributed by atoms with Gasteiger partial charge >= 0.3 is 0 Å². The molecule has 4 aromatic rings. The Morgan fingerprint density at radius 2 is 1.61 bits per heavy atom. The van der Waals surface area contributed by atoms with Gasteiger partial charge in [-0.15, -0.1) is 5.10 Å². The number of fused-ring (bicyclic) bond motifs is 1. The van der Waals surface area contributed by atoms with E-state index < -0.39 is 11.6 Å². The molecule has 0 bridgehead atoms. The van der Waals surface area contributed by atoms with Crippen LogP contribution >= 0.6 is 0 Å². The van der Waals surface area contributed by atoms with Crippen LogP contribution in [0.4, 0.5) is 11.4 Å². The van der Waals surface area contributed by atoms with Crippen LogP contribution in [0.5, 0.6) is 0 Å². The number of anilines is 2. The van der Waals surface area contributed by atoms with E-state index in [2.05, 4.69) is 20.9 Å². The molecule has 0 fully saturated rings. The van der Waals surface area contributed by atoms with E-state index in [0.29, 0.717) is 28.9 Å². The van der Waals surface area contributed by atoms with E-state index in [4.69, 9.17) is 0 Å². The number of carbonyl (C=O) groups excluding carboxylic acids is 3. The van der Waals surface area contributed by atoms with E-state index in [1.54, 1.807) is 24.3 Å². The molecule has 1 atom stereocenters. The molecule has 38 heavy (non-hydrogen) atoms. The van der Waals surface area contributed by atoms with Gasteiger partial charge in [-0.3, -0.25) is 19.3 Å². The number of aromatic nitrogens is 3. The highest BCUT2D eigenvalue weighted by atomic mass is 16.2. The summed E-state index contributed by atoms with van der Waals surface area (Å²) in [4.78, 5) is 40.9. The van der Waals surface area contributed by atoms with Crippen LogP contribution in [0, 0.1) is 0 Å². The molecule has 9 nitrogen and oxygen atoms in total. The van der Waals surface area contributed by atoms with Crippen molar-refractivity contribution in [2.24, 2.45) is 0 Å². The second-order valence-corrected chi connectivity index (χ2v) is 9.77. The second-order valence-electron chi connectivity index (χ2n) is 9.77. The molecule has 0 saturated heterocycles. The third-order valence-electron chi connectivity index (χ3n) is 6.41. The summed E-state index contributed by atoms with van der Waals surface area (Å²) in [6.45, 7) is 7.20. The summed E-state index contributed by atoms with van der Waals surface area (Å²) < 4.78 is 1.53. The Kier molecular flexibility index (Phi) is 7.85. The molecule has 196 valence electrons. The lowest BCUT2D eigenvalue weighted by Gasteiger charge is -2.34. The normalized spacial score (nSPS) is 12.1. The van der Waals surface area contributed by atoms with Crippen LogP contribution in [0.25, 0.3) is 11.0 Å². The van der Waals surface area contributed by atoms with Crippen molar-refractivity contribution in [1.29, 1.82) is 0 Å². The molecule has 0 aliphatic rings. The van der Waals surface area contributed by atoms with Crippen molar-refractivity contribution >= 4 is 40.1 Å². The molecule has 9 heteroatoms. The topological polar surface area (TPSA) is 109 Å². The fourth-order valence-corrected chi connectivity index (χ4v) is 4.13. The summed E-state index contributed by atoms with van der Waals surface area (Å²) in [6, 6.07) is 22.5. The maximum Gasteiger partial charge on any atom is 0.249 e. The Labute approximate surface area is 221 Å². The number of carbonyl (C=O) groups is 3. The first-order valence-corrected chi connectivity index (χ1v) is 12.5.